The highest BCUT2D eigenvalue weighted by Gasteiger charge is 2.53. The highest BCUT2D eigenvalue weighted by Crippen LogP contribution is 2.40. The molecule has 0 radical (unpaired) electrons. The Morgan fingerprint density at radius 2 is 0.966 bits per heavy atom. The predicted molar refractivity (Wildman–Crippen MR) is 140 cm³/mol. The van der Waals surface area contributed by atoms with Crippen LogP contribution in [0.25, 0.3) is 0 Å². The molecule has 0 aliphatic carbocycles. The van der Waals surface area contributed by atoms with Crippen molar-refractivity contribution in [2.24, 2.45) is 0 Å². The van der Waals surface area contributed by atoms with E-state index in [-0.39, 0.29) is 5.22 Å². The Morgan fingerprint density at radius 1 is 0.552 bits per heavy atom. The molecule has 0 amide bonds. The van der Waals surface area contributed by atoms with Gasteiger partial charge < -0.3 is 8.54 Å². The van der Waals surface area contributed by atoms with Gasteiger partial charge in [0, 0.05) is 0 Å². The van der Waals surface area contributed by atoms with E-state index in [0.717, 1.165) is 12.8 Å². The lowest BCUT2D eigenvalue weighted by atomic mass is 10.1. The van der Waals surface area contributed by atoms with E-state index in [9.17, 15) is 0 Å². The van der Waals surface area contributed by atoms with Crippen LogP contribution in [0.15, 0.2) is 0 Å². The molecule has 176 valence electrons. The molecule has 0 aromatic carbocycles. The second-order valence-electron chi connectivity index (χ2n) is 11.3. The number of hydrogen-bond acceptors (Lipinski definition) is 2. The Kier molecular flexibility index (Phi) is 14.1. The molecular weight excluding hydrogens is 405 g/mol. The average molecular weight is 461 g/mol. The highest BCUT2D eigenvalue weighted by atomic mass is 28.4. The summed E-state index contributed by atoms with van der Waals surface area (Å²) in [6, 6.07) is 1.26. The third kappa shape index (κ3) is 12.3. The maximum atomic E-state index is 7.08. The van der Waals surface area contributed by atoms with Crippen molar-refractivity contribution in [3.8, 4) is 0 Å². The normalized spacial score (nSPS) is 15.5. The van der Waals surface area contributed by atoms with Crippen molar-refractivity contribution < 1.29 is 8.54 Å². The Bertz CT molecular complexity index is 411. The van der Waals surface area contributed by atoms with Gasteiger partial charge in [0.25, 0.3) is 0 Å². The molecule has 0 saturated carbocycles. The van der Waals surface area contributed by atoms with Gasteiger partial charge in [-0.1, -0.05) is 85.0 Å². The molecule has 0 heterocycles. The van der Waals surface area contributed by atoms with Crippen LogP contribution in [0.3, 0.4) is 0 Å². The number of unbranched alkanes of at least 4 members (excludes halogenated alkanes) is 9. The van der Waals surface area contributed by atoms with Crippen molar-refractivity contribution in [2.45, 2.75) is 155 Å². The van der Waals surface area contributed by atoms with Crippen LogP contribution in [0.1, 0.15) is 97.8 Å². The molecule has 1 atom stereocenters. The standard InChI is InChI=1S/C24H56O2Si3/c1-11-14-15-16-17-18-19-20-21-22-23-29(10,26-28(7,8)9)24(12-2,13-3)25-27(4,5)6/h11-23H2,1-10H3. The van der Waals surface area contributed by atoms with Gasteiger partial charge in [0.2, 0.25) is 8.32 Å². The van der Waals surface area contributed by atoms with E-state index in [0.29, 0.717) is 0 Å². The summed E-state index contributed by atoms with van der Waals surface area (Å²) in [5, 5.41) is -0.0168. The van der Waals surface area contributed by atoms with E-state index in [2.05, 4.69) is 66.6 Å². The summed E-state index contributed by atoms with van der Waals surface area (Å²) in [7, 11) is -5.23. The average Bonchev–Trinajstić information content (AvgIpc) is 2.59. The van der Waals surface area contributed by atoms with Crippen molar-refractivity contribution >= 4 is 25.0 Å². The second kappa shape index (κ2) is 13.9. The van der Waals surface area contributed by atoms with Crippen molar-refractivity contribution in [1.29, 1.82) is 0 Å². The molecule has 0 saturated heterocycles. The molecule has 0 aromatic rings. The Balaban J connectivity index is 4.83. The van der Waals surface area contributed by atoms with E-state index in [1.165, 1.54) is 70.3 Å². The first kappa shape index (κ1) is 29.6. The van der Waals surface area contributed by atoms with Crippen molar-refractivity contribution in [1.82, 2.24) is 0 Å². The molecule has 29 heavy (non-hydrogen) atoms. The van der Waals surface area contributed by atoms with Crippen LogP contribution in [-0.2, 0) is 8.54 Å². The van der Waals surface area contributed by atoms with Crippen LogP contribution in [-0.4, -0.2) is 30.2 Å². The fourth-order valence-electron chi connectivity index (χ4n) is 4.83. The molecule has 0 rings (SSSR count). The Labute approximate surface area is 188 Å². The SMILES string of the molecule is CCCCCCCCCCCC[Si](C)(O[Si](C)(C)C)C(CC)(CC)O[Si](C)(C)C. The smallest absolute Gasteiger partial charge is 0.207 e. The van der Waals surface area contributed by atoms with Gasteiger partial charge in [-0.05, 0) is 64.7 Å². The second-order valence-corrected chi connectivity index (χ2v) is 24.6. The quantitative estimate of drug-likeness (QED) is 0.150. The molecule has 0 spiro atoms. The lowest BCUT2D eigenvalue weighted by molar-refractivity contribution is 0.108. The third-order valence-electron chi connectivity index (χ3n) is 6.15. The fourth-order valence-corrected chi connectivity index (χ4v) is 17.5. The Morgan fingerprint density at radius 3 is 1.31 bits per heavy atom. The van der Waals surface area contributed by atoms with E-state index >= 15 is 0 Å². The molecular formula is C24H56O2Si3. The van der Waals surface area contributed by atoms with E-state index in [1.54, 1.807) is 0 Å². The zero-order chi connectivity index (χ0) is 22.6. The van der Waals surface area contributed by atoms with Crippen LogP contribution in [0.2, 0.25) is 51.9 Å². The van der Waals surface area contributed by atoms with Crippen LogP contribution in [0.4, 0.5) is 0 Å². The van der Waals surface area contributed by atoms with Gasteiger partial charge >= 0.3 is 0 Å². The minimum atomic E-state index is -1.99. The molecule has 0 bridgehead atoms. The maximum Gasteiger partial charge on any atom is 0.207 e. The summed E-state index contributed by atoms with van der Waals surface area (Å²) in [6.45, 7) is 23.6. The summed E-state index contributed by atoms with van der Waals surface area (Å²) in [6.07, 6.45) is 16.2. The van der Waals surface area contributed by atoms with Gasteiger partial charge in [0.05, 0.1) is 5.22 Å². The largest absolute Gasteiger partial charge is 0.454 e. The summed E-state index contributed by atoms with van der Waals surface area (Å²) >= 11 is 0. The summed E-state index contributed by atoms with van der Waals surface area (Å²) in [5.74, 6) is 0. The van der Waals surface area contributed by atoms with Crippen molar-refractivity contribution in [3.63, 3.8) is 0 Å². The van der Waals surface area contributed by atoms with Crippen LogP contribution < -0.4 is 0 Å². The van der Waals surface area contributed by atoms with Gasteiger partial charge in [0.15, 0.2) is 16.6 Å². The van der Waals surface area contributed by atoms with Crippen LogP contribution in [0, 0.1) is 0 Å². The van der Waals surface area contributed by atoms with Gasteiger partial charge in [0.1, 0.15) is 0 Å². The van der Waals surface area contributed by atoms with Crippen LogP contribution >= 0.6 is 0 Å². The maximum absolute atomic E-state index is 7.08. The highest BCUT2D eigenvalue weighted by molar-refractivity contribution is 6.87. The third-order valence-corrected chi connectivity index (χ3v) is 15.6. The van der Waals surface area contributed by atoms with Gasteiger partial charge in [-0.25, -0.2) is 0 Å². The van der Waals surface area contributed by atoms with Crippen LogP contribution in [0.5, 0.6) is 0 Å². The zero-order valence-corrected chi connectivity index (χ0v) is 25.0. The molecule has 0 fully saturated rings. The van der Waals surface area contributed by atoms with Crippen molar-refractivity contribution in [2.75, 3.05) is 0 Å². The van der Waals surface area contributed by atoms with E-state index in [4.69, 9.17) is 8.54 Å². The fraction of sp³-hybridized carbons (Fsp3) is 1.00. The predicted octanol–water partition coefficient (Wildman–Crippen LogP) is 9.28. The van der Waals surface area contributed by atoms with Crippen molar-refractivity contribution in [3.05, 3.63) is 0 Å². The zero-order valence-electron chi connectivity index (χ0n) is 22.0. The first-order valence-electron chi connectivity index (χ1n) is 12.7. The molecule has 0 aliphatic rings. The first-order chi connectivity index (χ1) is 13.3. The number of hydrogen-bond donors (Lipinski definition) is 0. The van der Waals surface area contributed by atoms with E-state index < -0.39 is 25.0 Å². The summed E-state index contributed by atoms with van der Waals surface area (Å²) in [5.41, 5.74) is 0. The molecule has 1 unspecified atom stereocenters. The number of rotatable bonds is 18. The topological polar surface area (TPSA) is 18.5 Å². The summed E-state index contributed by atoms with van der Waals surface area (Å²) < 4.78 is 14.1. The summed E-state index contributed by atoms with van der Waals surface area (Å²) in [4.78, 5) is 0. The minimum absolute atomic E-state index is 0.0168. The molecule has 0 N–H and O–H groups in total. The van der Waals surface area contributed by atoms with Gasteiger partial charge in [-0.3, -0.25) is 0 Å². The van der Waals surface area contributed by atoms with E-state index in [1.807, 2.05) is 0 Å². The molecule has 0 aromatic heterocycles. The first-order valence-corrected chi connectivity index (χ1v) is 22.2. The molecule has 5 heteroatoms. The lowest BCUT2D eigenvalue weighted by Gasteiger charge is -2.51. The lowest BCUT2D eigenvalue weighted by Crippen LogP contribution is -2.65. The molecule has 0 aliphatic heterocycles. The van der Waals surface area contributed by atoms with Gasteiger partial charge in [-0.15, -0.1) is 0 Å². The molecule has 2 nitrogen and oxygen atoms in total. The minimum Gasteiger partial charge on any atom is -0.454 e. The Hall–Kier alpha value is 0.571. The van der Waals surface area contributed by atoms with Gasteiger partial charge in [-0.2, -0.15) is 0 Å². The monoisotopic (exact) mass is 460 g/mol.